The predicted molar refractivity (Wildman–Crippen MR) is 107 cm³/mol. The van der Waals surface area contributed by atoms with E-state index in [-0.39, 0.29) is 5.91 Å². The predicted octanol–water partition coefficient (Wildman–Crippen LogP) is 4.57. The van der Waals surface area contributed by atoms with E-state index >= 15 is 0 Å². The van der Waals surface area contributed by atoms with Crippen molar-refractivity contribution >= 4 is 27.6 Å². The molecule has 2 aliphatic rings. The van der Waals surface area contributed by atoms with Gasteiger partial charge in [0.15, 0.2) is 0 Å². The molecule has 138 valence electrons. The number of hydrogen-bond acceptors (Lipinski definition) is 5. The van der Waals surface area contributed by atoms with Crippen LogP contribution in [0.25, 0.3) is 21.6 Å². The SMILES string of the molecule is Cc1cc(-c2cnc3c(C4CC4)c(C(=O)N4CCCCC4)sc3n2)ccn1. The molecule has 5 nitrogen and oxygen atoms in total. The normalized spacial score (nSPS) is 17.4. The smallest absolute Gasteiger partial charge is 0.264 e. The number of carbonyl (C=O) groups is 1. The summed E-state index contributed by atoms with van der Waals surface area (Å²) in [6.45, 7) is 3.72. The highest BCUT2D eigenvalue weighted by atomic mass is 32.1. The fourth-order valence-electron chi connectivity index (χ4n) is 3.88. The Hall–Kier alpha value is -2.34. The topological polar surface area (TPSA) is 59.0 Å². The molecule has 3 aromatic heterocycles. The Morgan fingerprint density at radius 1 is 1.19 bits per heavy atom. The Balaban J connectivity index is 1.59. The Morgan fingerprint density at radius 2 is 2.00 bits per heavy atom. The second kappa shape index (κ2) is 6.68. The van der Waals surface area contributed by atoms with Gasteiger partial charge >= 0.3 is 0 Å². The van der Waals surface area contributed by atoms with Crippen LogP contribution in [0.3, 0.4) is 0 Å². The van der Waals surface area contributed by atoms with Gasteiger partial charge in [-0.05, 0) is 57.1 Å². The summed E-state index contributed by atoms with van der Waals surface area (Å²) in [6.07, 6.45) is 9.38. The fourth-order valence-corrected chi connectivity index (χ4v) is 5.07. The van der Waals surface area contributed by atoms with Crippen molar-refractivity contribution in [3.8, 4) is 11.3 Å². The fraction of sp³-hybridized carbons (Fsp3) is 0.429. The van der Waals surface area contributed by atoms with Crippen LogP contribution >= 0.6 is 11.3 Å². The number of aromatic nitrogens is 3. The summed E-state index contributed by atoms with van der Waals surface area (Å²) in [6, 6.07) is 3.98. The van der Waals surface area contributed by atoms with E-state index in [0.29, 0.717) is 5.92 Å². The van der Waals surface area contributed by atoms with Gasteiger partial charge < -0.3 is 4.90 Å². The van der Waals surface area contributed by atoms with Gasteiger partial charge in [-0.15, -0.1) is 11.3 Å². The summed E-state index contributed by atoms with van der Waals surface area (Å²) in [5, 5.41) is 0. The maximum absolute atomic E-state index is 13.2. The lowest BCUT2D eigenvalue weighted by molar-refractivity contribution is 0.0728. The molecule has 3 aromatic rings. The van der Waals surface area contributed by atoms with E-state index in [9.17, 15) is 4.79 Å². The molecule has 0 aromatic carbocycles. The summed E-state index contributed by atoms with van der Waals surface area (Å²) in [4.78, 5) is 30.8. The third-order valence-electron chi connectivity index (χ3n) is 5.45. The monoisotopic (exact) mass is 378 g/mol. The van der Waals surface area contributed by atoms with Crippen LogP contribution in [0, 0.1) is 6.92 Å². The second-order valence-electron chi connectivity index (χ2n) is 7.57. The maximum Gasteiger partial charge on any atom is 0.264 e. The van der Waals surface area contributed by atoms with Crippen molar-refractivity contribution in [2.45, 2.75) is 44.9 Å². The van der Waals surface area contributed by atoms with Crippen molar-refractivity contribution in [3.05, 3.63) is 40.7 Å². The number of aryl methyl sites for hydroxylation is 1. The van der Waals surface area contributed by atoms with Crippen LogP contribution in [-0.2, 0) is 0 Å². The van der Waals surface area contributed by atoms with Crippen molar-refractivity contribution in [3.63, 3.8) is 0 Å². The molecule has 1 aliphatic carbocycles. The van der Waals surface area contributed by atoms with E-state index in [4.69, 9.17) is 9.97 Å². The molecule has 0 N–H and O–H groups in total. The average Bonchev–Trinajstić information content (AvgIpc) is 3.47. The van der Waals surface area contributed by atoms with Crippen molar-refractivity contribution in [1.82, 2.24) is 19.9 Å². The van der Waals surface area contributed by atoms with Crippen LogP contribution in [0.4, 0.5) is 0 Å². The zero-order chi connectivity index (χ0) is 18.4. The van der Waals surface area contributed by atoms with Gasteiger partial charge in [0.2, 0.25) is 0 Å². The van der Waals surface area contributed by atoms with E-state index in [1.165, 1.54) is 17.8 Å². The molecule has 4 heterocycles. The van der Waals surface area contributed by atoms with Crippen LogP contribution in [0.15, 0.2) is 24.5 Å². The second-order valence-corrected chi connectivity index (χ2v) is 8.57. The maximum atomic E-state index is 13.2. The number of likely N-dealkylation sites (tertiary alicyclic amines) is 1. The first-order valence-electron chi connectivity index (χ1n) is 9.72. The van der Waals surface area contributed by atoms with Crippen LogP contribution < -0.4 is 0 Å². The van der Waals surface area contributed by atoms with Crippen LogP contribution in [0.2, 0.25) is 0 Å². The van der Waals surface area contributed by atoms with Crippen LogP contribution in [0.5, 0.6) is 0 Å². The molecule has 2 fully saturated rings. The van der Waals surface area contributed by atoms with E-state index < -0.39 is 0 Å². The Morgan fingerprint density at radius 3 is 2.74 bits per heavy atom. The van der Waals surface area contributed by atoms with Crippen molar-refractivity contribution < 1.29 is 4.79 Å². The van der Waals surface area contributed by atoms with Gasteiger partial charge in [-0.2, -0.15) is 0 Å². The summed E-state index contributed by atoms with van der Waals surface area (Å²) in [5.41, 5.74) is 4.89. The van der Waals surface area contributed by atoms with E-state index in [1.54, 1.807) is 6.20 Å². The van der Waals surface area contributed by atoms with E-state index in [0.717, 1.165) is 76.5 Å². The largest absolute Gasteiger partial charge is 0.338 e. The number of nitrogens with zero attached hydrogens (tertiary/aromatic N) is 4. The molecule has 1 aliphatic heterocycles. The molecule has 1 saturated heterocycles. The molecule has 0 atom stereocenters. The quantitative estimate of drug-likeness (QED) is 0.670. The molecule has 0 bridgehead atoms. The highest BCUT2D eigenvalue weighted by molar-refractivity contribution is 7.20. The van der Waals surface area contributed by atoms with Gasteiger partial charge in [0.1, 0.15) is 10.3 Å². The van der Waals surface area contributed by atoms with Gasteiger partial charge in [0.25, 0.3) is 5.91 Å². The molecule has 5 rings (SSSR count). The molecule has 1 amide bonds. The first-order chi connectivity index (χ1) is 13.2. The lowest BCUT2D eigenvalue weighted by atomic mass is 10.1. The van der Waals surface area contributed by atoms with E-state index in [2.05, 4.69) is 4.98 Å². The van der Waals surface area contributed by atoms with Gasteiger partial charge in [-0.3, -0.25) is 14.8 Å². The number of fused-ring (bicyclic) bond motifs is 1. The zero-order valence-corrected chi connectivity index (χ0v) is 16.3. The van der Waals surface area contributed by atoms with Gasteiger partial charge in [0.05, 0.1) is 16.8 Å². The number of rotatable bonds is 3. The number of pyridine rings is 1. The van der Waals surface area contributed by atoms with Gasteiger partial charge in [0, 0.05) is 36.1 Å². The number of hydrogen-bond donors (Lipinski definition) is 0. The molecular weight excluding hydrogens is 356 g/mol. The number of thiophene rings is 1. The molecule has 0 radical (unpaired) electrons. The van der Waals surface area contributed by atoms with E-state index in [1.807, 2.05) is 30.2 Å². The lowest BCUT2D eigenvalue weighted by Crippen LogP contribution is -2.35. The third-order valence-corrected chi connectivity index (χ3v) is 6.53. The molecule has 27 heavy (non-hydrogen) atoms. The molecule has 0 unspecified atom stereocenters. The average molecular weight is 379 g/mol. The zero-order valence-electron chi connectivity index (χ0n) is 15.4. The summed E-state index contributed by atoms with van der Waals surface area (Å²) >= 11 is 1.53. The number of piperidine rings is 1. The standard InChI is InChI=1S/C21H22N4OS/c1-13-11-15(7-8-22-13)16-12-23-18-17(14-5-6-14)19(27-20(18)24-16)21(26)25-9-3-2-4-10-25/h7-8,11-12,14H,2-6,9-10H2,1H3. The molecule has 0 spiro atoms. The summed E-state index contributed by atoms with van der Waals surface area (Å²) < 4.78 is 0. The Labute approximate surface area is 162 Å². The molecule has 1 saturated carbocycles. The lowest BCUT2D eigenvalue weighted by Gasteiger charge is -2.26. The number of amides is 1. The van der Waals surface area contributed by atoms with Gasteiger partial charge in [-0.25, -0.2) is 4.98 Å². The molecule has 6 heteroatoms. The summed E-state index contributed by atoms with van der Waals surface area (Å²) in [7, 11) is 0. The van der Waals surface area contributed by atoms with Crippen molar-refractivity contribution in [1.29, 1.82) is 0 Å². The minimum atomic E-state index is 0.183. The van der Waals surface area contributed by atoms with Crippen molar-refractivity contribution in [2.75, 3.05) is 13.1 Å². The Bertz CT molecular complexity index is 1020. The summed E-state index contributed by atoms with van der Waals surface area (Å²) in [5.74, 6) is 0.661. The third kappa shape index (κ3) is 3.12. The van der Waals surface area contributed by atoms with Crippen LogP contribution in [-0.4, -0.2) is 38.8 Å². The van der Waals surface area contributed by atoms with Crippen molar-refractivity contribution in [2.24, 2.45) is 0 Å². The molecular formula is C21H22N4OS. The van der Waals surface area contributed by atoms with Crippen LogP contribution in [0.1, 0.15) is 59.0 Å². The minimum Gasteiger partial charge on any atom is -0.338 e. The Kier molecular flexibility index (Phi) is 4.16. The highest BCUT2D eigenvalue weighted by Gasteiger charge is 2.34. The first-order valence-corrected chi connectivity index (χ1v) is 10.5. The first kappa shape index (κ1) is 16.8. The number of carbonyl (C=O) groups excluding carboxylic acids is 1. The highest BCUT2D eigenvalue weighted by Crippen LogP contribution is 2.47. The van der Waals surface area contributed by atoms with Gasteiger partial charge in [-0.1, -0.05) is 0 Å². The minimum absolute atomic E-state index is 0.183.